The quantitative estimate of drug-likeness (QED) is 0.379. The molecule has 0 spiro atoms. The average molecular weight is 556 g/mol. The topological polar surface area (TPSA) is 86.8 Å². The summed E-state index contributed by atoms with van der Waals surface area (Å²) in [5.74, 6) is -0.241. The van der Waals surface area contributed by atoms with Crippen LogP contribution in [-0.4, -0.2) is 50.0 Å². The molecule has 0 radical (unpaired) electrons. The number of hydrogen-bond acceptors (Lipinski definition) is 4. The van der Waals surface area contributed by atoms with Gasteiger partial charge in [-0.15, -0.1) is 0 Å². The molecule has 0 aliphatic heterocycles. The molecule has 1 fully saturated rings. The summed E-state index contributed by atoms with van der Waals surface area (Å²) in [4.78, 5) is 28.8. The second-order valence-corrected chi connectivity index (χ2v) is 12.9. The van der Waals surface area contributed by atoms with Gasteiger partial charge in [-0.05, 0) is 69.2 Å². The van der Waals surface area contributed by atoms with Gasteiger partial charge in [0, 0.05) is 25.6 Å². The number of carbonyl (C=O) groups is 2. The van der Waals surface area contributed by atoms with Gasteiger partial charge in [0.15, 0.2) is 0 Å². The molecule has 0 saturated heterocycles. The van der Waals surface area contributed by atoms with E-state index in [9.17, 15) is 18.0 Å². The Bertz CT molecular complexity index is 1240. The normalized spacial score (nSPS) is 15.0. The molecule has 1 atom stereocenters. The number of amides is 2. The summed E-state index contributed by atoms with van der Waals surface area (Å²) in [6, 6.07) is 13.3. The van der Waals surface area contributed by atoms with E-state index in [1.807, 2.05) is 70.2 Å². The van der Waals surface area contributed by atoms with Gasteiger partial charge in [0.1, 0.15) is 6.04 Å². The number of carbonyl (C=O) groups excluding carboxylic acids is 2. The van der Waals surface area contributed by atoms with Gasteiger partial charge in [-0.1, -0.05) is 68.1 Å². The van der Waals surface area contributed by atoms with Crippen LogP contribution >= 0.6 is 0 Å². The molecule has 1 aliphatic rings. The third-order valence-corrected chi connectivity index (χ3v) is 8.74. The van der Waals surface area contributed by atoms with E-state index >= 15 is 0 Å². The fourth-order valence-corrected chi connectivity index (χ4v) is 6.46. The van der Waals surface area contributed by atoms with Crippen LogP contribution in [0, 0.1) is 20.8 Å². The first-order valence-corrected chi connectivity index (χ1v) is 16.0. The largest absolute Gasteiger partial charge is 0.352 e. The van der Waals surface area contributed by atoms with Gasteiger partial charge in [-0.3, -0.25) is 13.9 Å². The van der Waals surface area contributed by atoms with Crippen LogP contribution in [0.5, 0.6) is 0 Å². The second-order valence-electron chi connectivity index (χ2n) is 11.0. The van der Waals surface area contributed by atoms with Crippen LogP contribution in [0.1, 0.15) is 80.5 Å². The summed E-state index contributed by atoms with van der Waals surface area (Å²) in [7, 11) is -3.54. The van der Waals surface area contributed by atoms with Crippen molar-refractivity contribution < 1.29 is 18.0 Å². The number of nitrogens with one attached hydrogen (secondary N) is 1. The van der Waals surface area contributed by atoms with Crippen molar-refractivity contribution in [2.75, 3.05) is 17.1 Å². The van der Waals surface area contributed by atoms with Crippen molar-refractivity contribution in [2.24, 2.45) is 0 Å². The monoisotopic (exact) mass is 555 g/mol. The Morgan fingerprint density at radius 3 is 2.33 bits per heavy atom. The smallest absolute Gasteiger partial charge is 0.243 e. The molecule has 7 nitrogen and oxygen atoms in total. The Hall–Kier alpha value is -2.87. The average Bonchev–Trinajstić information content (AvgIpc) is 2.88. The second kappa shape index (κ2) is 14.0. The number of anilines is 1. The number of rotatable bonds is 12. The molecule has 1 aliphatic carbocycles. The van der Waals surface area contributed by atoms with Gasteiger partial charge >= 0.3 is 0 Å². The summed E-state index contributed by atoms with van der Waals surface area (Å²) in [6.45, 7) is 8.29. The minimum Gasteiger partial charge on any atom is -0.352 e. The highest BCUT2D eigenvalue weighted by Gasteiger charge is 2.30. The highest BCUT2D eigenvalue weighted by atomic mass is 32.2. The Kier molecular flexibility index (Phi) is 11.0. The number of hydrogen-bond donors (Lipinski definition) is 1. The van der Waals surface area contributed by atoms with Crippen molar-refractivity contribution in [3.63, 3.8) is 0 Å². The van der Waals surface area contributed by atoms with E-state index in [0.29, 0.717) is 25.1 Å². The summed E-state index contributed by atoms with van der Waals surface area (Å²) in [6.07, 6.45) is 7.60. The lowest BCUT2D eigenvalue weighted by atomic mass is 9.95. The third kappa shape index (κ3) is 8.82. The van der Waals surface area contributed by atoms with Crippen molar-refractivity contribution in [3.8, 4) is 0 Å². The molecule has 2 amide bonds. The van der Waals surface area contributed by atoms with Crippen molar-refractivity contribution in [1.82, 2.24) is 10.2 Å². The highest BCUT2D eigenvalue weighted by Crippen LogP contribution is 2.25. The molecule has 214 valence electrons. The fraction of sp³-hybridized carbons (Fsp3) is 0.548. The van der Waals surface area contributed by atoms with Crippen LogP contribution in [0.4, 0.5) is 5.69 Å². The zero-order chi connectivity index (χ0) is 28.6. The molecule has 2 aromatic carbocycles. The summed E-state index contributed by atoms with van der Waals surface area (Å²) in [5.41, 5.74) is 4.54. The number of benzene rings is 2. The maximum Gasteiger partial charge on any atom is 0.243 e. The predicted octanol–water partition coefficient (Wildman–Crippen LogP) is 5.41. The minimum atomic E-state index is -3.54. The first-order chi connectivity index (χ1) is 18.5. The van der Waals surface area contributed by atoms with E-state index < -0.39 is 16.1 Å². The summed E-state index contributed by atoms with van der Waals surface area (Å²) in [5, 5.41) is 3.21. The first kappa shape index (κ1) is 30.7. The Labute approximate surface area is 235 Å². The van der Waals surface area contributed by atoms with Crippen molar-refractivity contribution >= 4 is 27.5 Å². The van der Waals surface area contributed by atoms with E-state index in [1.54, 1.807) is 4.90 Å². The van der Waals surface area contributed by atoms with Crippen LogP contribution in [0.3, 0.4) is 0 Å². The van der Waals surface area contributed by atoms with E-state index in [4.69, 9.17) is 0 Å². The van der Waals surface area contributed by atoms with Crippen LogP contribution in [0.2, 0.25) is 0 Å². The lowest BCUT2D eigenvalue weighted by molar-refractivity contribution is -0.141. The van der Waals surface area contributed by atoms with Crippen molar-refractivity contribution in [2.45, 2.75) is 97.7 Å². The molecular weight excluding hydrogens is 510 g/mol. The molecule has 1 N–H and O–H groups in total. The van der Waals surface area contributed by atoms with Gasteiger partial charge in [-0.25, -0.2) is 8.42 Å². The first-order valence-electron chi connectivity index (χ1n) is 14.2. The van der Waals surface area contributed by atoms with Crippen LogP contribution in [0.25, 0.3) is 0 Å². The summed E-state index contributed by atoms with van der Waals surface area (Å²) < 4.78 is 26.8. The van der Waals surface area contributed by atoms with Crippen LogP contribution in [0.15, 0.2) is 42.5 Å². The fourth-order valence-electron chi connectivity index (χ4n) is 5.44. The van der Waals surface area contributed by atoms with E-state index in [0.717, 1.165) is 47.9 Å². The number of nitrogens with zero attached hydrogens (tertiary/aromatic N) is 2. The summed E-state index contributed by atoms with van der Waals surface area (Å²) >= 11 is 0. The Balaban J connectivity index is 1.78. The molecule has 39 heavy (non-hydrogen) atoms. The van der Waals surface area contributed by atoms with Gasteiger partial charge < -0.3 is 10.2 Å². The molecule has 0 aromatic heterocycles. The highest BCUT2D eigenvalue weighted by molar-refractivity contribution is 7.92. The maximum absolute atomic E-state index is 13.7. The Morgan fingerprint density at radius 2 is 1.69 bits per heavy atom. The molecule has 2 aromatic rings. The lowest BCUT2D eigenvalue weighted by Gasteiger charge is -2.33. The maximum atomic E-state index is 13.7. The van der Waals surface area contributed by atoms with Gasteiger partial charge in [0.2, 0.25) is 21.8 Å². The van der Waals surface area contributed by atoms with Crippen LogP contribution < -0.4 is 9.62 Å². The SMILES string of the molecule is CC[C@H](C(=O)NC1CCCCC1)N(Cc1cccc(C)c1)C(=O)CCCN(c1cc(C)ccc1C)S(C)(=O)=O. The molecule has 1 saturated carbocycles. The molecule has 0 unspecified atom stereocenters. The van der Waals surface area contributed by atoms with Gasteiger partial charge in [0.05, 0.1) is 11.9 Å². The molecule has 0 bridgehead atoms. The van der Waals surface area contributed by atoms with Gasteiger partial charge in [-0.2, -0.15) is 0 Å². The van der Waals surface area contributed by atoms with Crippen molar-refractivity contribution in [1.29, 1.82) is 0 Å². The minimum absolute atomic E-state index is 0.0986. The lowest BCUT2D eigenvalue weighted by Crippen LogP contribution is -2.51. The Morgan fingerprint density at radius 1 is 1.00 bits per heavy atom. The van der Waals surface area contributed by atoms with Crippen molar-refractivity contribution in [3.05, 3.63) is 64.7 Å². The van der Waals surface area contributed by atoms with Gasteiger partial charge in [0.25, 0.3) is 0 Å². The number of aryl methyl sites for hydroxylation is 3. The molecular formula is C31H45N3O4S. The zero-order valence-corrected chi connectivity index (χ0v) is 25.0. The van der Waals surface area contributed by atoms with Crippen LogP contribution in [-0.2, 0) is 26.2 Å². The number of sulfonamides is 1. The molecule has 0 heterocycles. The molecule has 8 heteroatoms. The third-order valence-electron chi connectivity index (χ3n) is 7.56. The van der Waals surface area contributed by atoms with E-state index in [-0.39, 0.29) is 30.8 Å². The predicted molar refractivity (Wildman–Crippen MR) is 158 cm³/mol. The van der Waals surface area contributed by atoms with E-state index in [2.05, 4.69) is 5.32 Å². The molecule has 3 rings (SSSR count). The van der Waals surface area contributed by atoms with E-state index in [1.165, 1.54) is 17.0 Å². The standard InChI is InChI=1S/C31H45N3O4S/c1-6-28(31(36)32-27-14-8-7-9-15-27)33(22-26-13-10-12-23(2)20-26)30(35)16-11-19-34(39(5,37)38)29-21-24(3)17-18-25(29)4/h10,12-13,17-18,20-21,27-28H,6-9,11,14-16,19,22H2,1-5H3,(H,32,36)/t28-/m1/s1. The zero-order valence-electron chi connectivity index (χ0n) is 24.2.